The number of carbonyl (C=O) groups excluding carboxylic acids is 1. The zero-order valence-electron chi connectivity index (χ0n) is 12.2. The fourth-order valence-corrected chi connectivity index (χ4v) is 2.85. The maximum absolute atomic E-state index is 12.2. The van der Waals surface area contributed by atoms with Gasteiger partial charge in [-0.05, 0) is 50.5 Å². The highest BCUT2D eigenvalue weighted by atomic mass is 35.7. The van der Waals surface area contributed by atoms with Crippen LogP contribution in [0.2, 0.25) is 0 Å². The van der Waals surface area contributed by atoms with Gasteiger partial charge in [0, 0.05) is 22.3 Å². The van der Waals surface area contributed by atoms with Gasteiger partial charge in [0.25, 0.3) is 15.0 Å². The lowest BCUT2D eigenvalue weighted by molar-refractivity contribution is 0.0937. The molecule has 0 aliphatic heterocycles. The fourth-order valence-electron chi connectivity index (χ4n) is 2.01. The highest BCUT2D eigenvalue weighted by molar-refractivity contribution is 8.13. The molecule has 4 nitrogen and oxygen atoms in total. The van der Waals surface area contributed by atoms with Gasteiger partial charge in [-0.3, -0.25) is 4.79 Å². The van der Waals surface area contributed by atoms with Crippen LogP contribution in [-0.4, -0.2) is 20.4 Å². The van der Waals surface area contributed by atoms with Gasteiger partial charge in [0.05, 0.1) is 4.90 Å². The van der Waals surface area contributed by atoms with Crippen molar-refractivity contribution in [3.63, 3.8) is 0 Å². The Kier molecular flexibility index (Phi) is 5.59. The largest absolute Gasteiger partial charge is 0.350 e. The van der Waals surface area contributed by atoms with Gasteiger partial charge in [-0.1, -0.05) is 13.3 Å². The molecule has 1 atom stereocenters. The van der Waals surface area contributed by atoms with Gasteiger partial charge >= 0.3 is 0 Å². The minimum absolute atomic E-state index is 0.0449. The molecular formula is C14H20ClNO3S. The van der Waals surface area contributed by atoms with Gasteiger partial charge in [-0.2, -0.15) is 0 Å². The number of carbonyl (C=O) groups is 1. The SMILES string of the molecule is CCCC(C)NC(=O)c1cc(S(=O)(=O)Cl)cc(C)c1C. The van der Waals surface area contributed by atoms with Gasteiger partial charge in [-0.25, -0.2) is 8.42 Å². The van der Waals surface area contributed by atoms with E-state index in [1.807, 2.05) is 13.8 Å². The van der Waals surface area contributed by atoms with Crippen molar-refractivity contribution in [1.29, 1.82) is 0 Å². The molecule has 0 aliphatic carbocycles. The number of nitrogens with one attached hydrogen (secondary N) is 1. The number of benzene rings is 1. The number of amides is 1. The molecule has 1 N–H and O–H groups in total. The van der Waals surface area contributed by atoms with Crippen molar-refractivity contribution in [2.75, 3.05) is 0 Å². The lowest BCUT2D eigenvalue weighted by Crippen LogP contribution is -2.33. The van der Waals surface area contributed by atoms with Gasteiger partial charge in [0.2, 0.25) is 0 Å². The number of rotatable bonds is 5. The fraction of sp³-hybridized carbons (Fsp3) is 0.500. The molecule has 1 aromatic rings. The van der Waals surface area contributed by atoms with Crippen LogP contribution in [0, 0.1) is 13.8 Å². The first-order valence-electron chi connectivity index (χ1n) is 6.53. The van der Waals surface area contributed by atoms with Crippen LogP contribution in [-0.2, 0) is 9.05 Å². The Hall–Kier alpha value is -1.07. The molecule has 0 radical (unpaired) electrons. The third-order valence-corrected chi connectivity index (χ3v) is 4.60. The topological polar surface area (TPSA) is 63.2 Å². The summed E-state index contributed by atoms with van der Waals surface area (Å²) in [6.07, 6.45) is 1.84. The van der Waals surface area contributed by atoms with E-state index in [4.69, 9.17) is 10.7 Å². The Labute approximate surface area is 124 Å². The standard InChI is InChI=1S/C14H20ClNO3S/c1-5-6-10(3)16-14(17)13-8-12(20(15,18)19)7-9(2)11(13)4/h7-8,10H,5-6H2,1-4H3,(H,16,17). The molecular weight excluding hydrogens is 298 g/mol. The van der Waals surface area contributed by atoms with Crippen molar-refractivity contribution in [3.05, 3.63) is 28.8 Å². The molecule has 20 heavy (non-hydrogen) atoms. The van der Waals surface area contributed by atoms with Crippen LogP contribution in [0.15, 0.2) is 17.0 Å². The molecule has 0 heterocycles. The average molecular weight is 318 g/mol. The third kappa shape index (κ3) is 4.21. The van der Waals surface area contributed by atoms with E-state index in [0.29, 0.717) is 5.56 Å². The van der Waals surface area contributed by atoms with Gasteiger partial charge in [0.15, 0.2) is 0 Å². The molecule has 0 aromatic heterocycles. The summed E-state index contributed by atoms with van der Waals surface area (Å²) in [5.41, 5.74) is 1.84. The second kappa shape index (κ2) is 6.59. The summed E-state index contributed by atoms with van der Waals surface area (Å²) in [5.74, 6) is -0.270. The molecule has 6 heteroatoms. The van der Waals surface area contributed by atoms with E-state index in [2.05, 4.69) is 5.32 Å². The molecule has 0 spiro atoms. The smallest absolute Gasteiger partial charge is 0.261 e. The highest BCUT2D eigenvalue weighted by Gasteiger charge is 2.18. The molecule has 0 saturated heterocycles. The molecule has 1 unspecified atom stereocenters. The van der Waals surface area contributed by atoms with Crippen LogP contribution in [0.3, 0.4) is 0 Å². The summed E-state index contributed by atoms with van der Waals surface area (Å²) in [6.45, 7) is 7.51. The van der Waals surface area contributed by atoms with E-state index in [-0.39, 0.29) is 16.8 Å². The Morgan fingerprint density at radius 2 is 1.95 bits per heavy atom. The number of hydrogen-bond donors (Lipinski definition) is 1. The monoisotopic (exact) mass is 317 g/mol. The third-order valence-electron chi connectivity index (χ3n) is 3.27. The van der Waals surface area contributed by atoms with Crippen molar-refractivity contribution < 1.29 is 13.2 Å². The molecule has 1 aromatic carbocycles. The van der Waals surface area contributed by atoms with E-state index >= 15 is 0 Å². The lowest BCUT2D eigenvalue weighted by atomic mass is 10.0. The van der Waals surface area contributed by atoms with Crippen LogP contribution in [0.1, 0.15) is 48.2 Å². The second-order valence-corrected chi connectivity index (χ2v) is 7.58. The molecule has 0 bridgehead atoms. The van der Waals surface area contributed by atoms with Crippen molar-refractivity contribution in [2.45, 2.75) is 51.5 Å². The molecule has 1 rings (SSSR count). The van der Waals surface area contributed by atoms with E-state index in [9.17, 15) is 13.2 Å². The van der Waals surface area contributed by atoms with E-state index < -0.39 is 9.05 Å². The molecule has 0 fully saturated rings. The Morgan fingerprint density at radius 1 is 1.35 bits per heavy atom. The van der Waals surface area contributed by atoms with Crippen molar-refractivity contribution in [3.8, 4) is 0 Å². The summed E-state index contributed by atoms with van der Waals surface area (Å²) in [4.78, 5) is 12.2. The number of hydrogen-bond acceptors (Lipinski definition) is 3. The van der Waals surface area contributed by atoms with Crippen LogP contribution >= 0.6 is 10.7 Å². The lowest BCUT2D eigenvalue weighted by Gasteiger charge is -2.15. The number of halogens is 1. The molecule has 0 aliphatic rings. The minimum atomic E-state index is -3.84. The average Bonchev–Trinajstić information content (AvgIpc) is 2.31. The van der Waals surface area contributed by atoms with Gasteiger partial charge < -0.3 is 5.32 Å². The zero-order valence-corrected chi connectivity index (χ0v) is 13.7. The van der Waals surface area contributed by atoms with Crippen LogP contribution in [0.25, 0.3) is 0 Å². The van der Waals surface area contributed by atoms with Gasteiger partial charge in [0.1, 0.15) is 0 Å². The first-order valence-corrected chi connectivity index (χ1v) is 8.84. The Balaban J connectivity index is 3.17. The van der Waals surface area contributed by atoms with E-state index in [0.717, 1.165) is 24.0 Å². The summed E-state index contributed by atoms with van der Waals surface area (Å²) >= 11 is 0. The van der Waals surface area contributed by atoms with Crippen LogP contribution in [0.5, 0.6) is 0 Å². The first kappa shape index (κ1) is 17.0. The number of aryl methyl sites for hydroxylation is 1. The highest BCUT2D eigenvalue weighted by Crippen LogP contribution is 2.22. The predicted octanol–water partition coefficient (Wildman–Crippen LogP) is 3.15. The first-order chi connectivity index (χ1) is 9.16. The molecule has 0 saturated carbocycles. The summed E-state index contributed by atoms with van der Waals surface area (Å²) in [7, 11) is 1.51. The van der Waals surface area contributed by atoms with Crippen molar-refractivity contribution in [2.24, 2.45) is 0 Å². The molecule has 112 valence electrons. The van der Waals surface area contributed by atoms with Gasteiger partial charge in [-0.15, -0.1) is 0 Å². The maximum atomic E-state index is 12.2. The predicted molar refractivity (Wildman–Crippen MR) is 80.8 cm³/mol. The quantitative estimate of drug-likeness (QED) is 0.848. The normalized spacial score (nSPS) is 13.1. The summed E-state index contributed by atoms with van der Waals surface area (Å²) in [5, 5.41) is 2.87. The van der Waals surface area contributed by atoms with Crippen LogP contribution in [0.4, 0.5) is 0 Å². The zero-order chi connectivity index (χ0) is 15.5. The molecule has 1 amide bonds. The van der Waals surface area contributed by atoms with Crippen molar-refractivity contribution in [1.82, 2.24) is 5.32 Å². The maximum Gasteiger partial charge on any atom is 0.261 e. The Bertz CT molecular complexity index is 611. The van der Waals surface area contributed by atoms with E-state index in [1.165, 1.54) is 12.1 Å². The van der Waals surface area contributed by atoms with Crippen molar-refractivity contribution >= 4 is 25.6 Å². The van der Waals surface area contributed by atoms with E-state index in [1.54, 1.807) is 13.8 Å². The second-order valence-electron chi connectivity index (χ2n) is 5.01. The summed E-state index contributed by atoms with van der Waals surface area (Å²) < 4.78 is 22.9. The Morgan fingerprint density at radius 3 is 2.45 bits per heavy atom. The summed E-state index contributed by atoms with van der Waals surface area (Å²) in [6, 6.07) is 2.85. The minimum Gasteiger partial charge on any atom is -0.350 e. The van der Waals surface area contributed by atoms with Crippen LogP contribution < -0.4 is 5.32 Å².